The number of piperidine rings is 1. The number of benzene rings is 1. The molecule has 6 nitrogen and oxygen atoms in total. The standard InChI is InChI=1S/C20H28F2N2O4S/c1-20(2,3)28-19(25)23-11-6-8-17(23)18-7-4-5-12-24(18)29(26,27)14-9-10-15(21)16(22)13-14/h9-10,13,17-18H,4-8,11-12H2,1-3H3/t17-,18-/m0/s1. The molecule has 2 aliphatic heterocycles. The molecule has 1 aromatic rings. The van der Waals surface area contributed by atoms with E-state index >= 15 is 0 Å². The molecule has 162 valence electrons. The van der Waals surface area contributed by atoms with Crippen LogP contribution in [-0.4, -0.2) is 54.5 Å². The van der Waals surface area contributed by atoms with Gasteiger partial charge in [-0.1, -0.05) is 6.42 Å². The fraction of sp³-hybridized carbons (Fsp3) is 0.650. The van der Waals surface area contributed by atoms with Crippen molar-refractivity contribution in [2.45, 2.75) is 75.5 Å². The molecule has 1 amide bonds. The first-order chi connectivity index (χ1) is 13.5. The predicted octanol–water partition coefficient (Wildman–Crippen LogP) is 3.91. The van der Waals surface area contributed by atoms with E-state index in [0.29, 0.717) is 25.8 Å². The third-order valence-electron chi connectivity index (χ3n) is 5.37. The summed E-state index contributed by atoms with van der Waals surface area (Å²) in [6.07, 6.45) is 3.11. The van der Waals surface area contributed by atoms with E-state index in [1.54, 1.807) is 25.7 Å². The first kappa shape index (κ1) is 22.0. The van der Waals surface area contributed by atoms with Crippen molar-refractivity contribution in [1.82, 2.24) is 9.21 Å². The first-order valence-electron chi connectivity index (χ1n) is 9.97. The van der Waals surface area contributed by atoms with Crippen molar-refractivity contribution in [3.63, 3.8) is 0 Å². The highest BCUT2D eigenvalue weighted by Crippen LogP contribution is 2.34. The Hall–Kier alpha value is -1.74. The summed E-state index contributed by atoms with van der Waals surface area (Å²) in [4.78, 5) is 14.0. The SMILES string of the molecule is CC(C)(C)OC(=O)N1CCC[C@H]1[C@@H]1CCCCN1S(=O)(=O)c1ccc(F)c(F)c1. The molecule has 2 saturated heterocycles. The molecular weight excluding hydrogens is 402 g/mol. The van der Waals surface area contributed by atoms with Crippen molar-refractivity contribution in [3.8, 4) is 0 Å². The highest BCUT2D eigenvalue weighted by Gasteiger charge is 2.44. The van der Waals surface area contributed by atoms with E-state index in [1.807, 2.05) is 0 Å². The Morgan fingerprint density at radius 3 is 2.38 bits per heavy atom. The average molecular weight is 431 g/mol. The van der Waals surface area contributed by atoms with Crippen LogP contribution in [0.15, 0.2) is 23.1 Å². The van der Waals surface area contributed by atoms with Crippen molar-refractivity contribution >= 4 is 16.1 Å². The van der Waals surface area contributed by atoms with E-state index in [9.17, 15) is 22.0 Å². The molecule has 0 spiro atoms. The van der Waals surface area contributed by atoms with Crippen LogP contribution in [0, 0.1) is 11.6 Å². The van der Waals surface area contributed by atoms with E-state index < -0.39 is 39.4 Å². The van der Waals surface area contributed by atoms with Gasteiger partial charge in [0.25, 0.3) is 0 Å². The second kappa shape index (κ2) is 8.18. The lowest BCUT2D eigenvalue weighted by Crippen LogP contribution is -2.55. The number of sulfonamides is 1. The van der Waals surface area contributed by atoms with Gasteiger partial charge >= 0.3 is 6.09 Å². The zero-order valence-electron chi connectivity index (χ0n) is 17.0. The van der Waals surface area contributed by atoms with Crippen molar-refractivity contribution < 1.29 is 26.7 Å². The van der Waals surface area contributed by atoms with Crippen LogP contribution in [0.3, 0.4) is 0 Å². The fourth-order valence-electron chi connectivity index (χ4n) is 4.13. The smallest absolute Gasteiger partial charge is 0.410 e. The van der Waals surface area contributed by atoms with Crippen molar-refractivity contribution in [1.29, 1.82) is 0 Å². The Kier molecular flexibility index (Phi) is 6.19. The van der Waals surface area contributed by atoms with E-state index in [2.05, 4.69) is 0 Å². The summed E-state index contributed by atoms with van der Waals surface area (Å²) in [6.45, 7) is 6.16. The Morgan fingerprint density at radius 2 is 1.72 bits per heavy atom. The topological polar surface area (TPSA) is 66.9 Å². The largest absolute Gasteiger partial charge is 0.444 e. The molecule has 0 saturated carbocycles. The van der Waals surface area contributed by atoms with Gasteiger partial charge in [0, 0.05) is 19.1 Å². The maximum atomic E-state index is 13.7. The number of ether oxygens (including phenoxy) is 1. The normalized spacial score (nSPS) is 24.0. The molecule has 29 heavy (non-hydrogen) atoms. The molecule has 2 atom stereocenters. The number of likely N-dealkylation sites (tertiary alicyclic amines) is 1. The van der Waals surface area contributed by atoms with Gasteiger partial charge in [-0.05, 0) is 64.7 Å². The van der Waals surface area contributed by atoms with E-state index in [-0.39, 0.29) is 17.5 Å². The quantitative estimate of drug-likeness (QED) is 0.729. The molecule has 0 aromatic heterocycles. The van der Waals surface area contributed by atoms with Gasteiger partial charge in [-0.3, -0.25) is 0 Å². The maximum absolute atomic E-state index is 13.7. The monoisotopic (exact) mass is 430 g/mol. The van der Waals surface area contributed by atoms with Gasteiger partial charge in [-0.2, -0.15) is 4.31 Å². The summed E-state index contributed by atoms with van der Waals surface area (Å²) < 4.78 is 60.3. The summed E-state index contributed by atoms with van der Waals surface area (Å²) in [6, 6.07) is 1.90. The number of nitrogens with zero attached hydrogens (tertiary/aromatic N) is 2. The minimum Gasteiger partial charge on any atom is -0.444 e. The number of carbonyl (C=O) groups is 1. The molecule has 1 aromatic carbocycles. The maximum Gasteiger partial charge on any atom is 0.410 e. The van der Waals surface area contributed by atoms with Crippen molar-refractivity contribution in [3.05, 3.63) is 29.8 Å². The Balaban J connectivity index is 1.89. The Bertz CT molecular complexity index is 870. The third kappa shape index (κ3) is 4.71. The van der Waals surface area contributed by atoms with E-state index in [1.165, 1.54) is 4.31 Å². The molecule has 3 rings (SSSR count). The number of carbonyl (C=O) groups excluding carboxylic acids is 1. The minimum atomic E-state index is -4.02. The lowest BCUT2D eigenvalue weighted by atomic mass is 9.96. The van der Waals surface area contributed by atoms with Crippen LogP contribution in [0.5, 0.6) is 0 Å². The first-order valence-corrected chi connectivity index (χ1v) is 11.4. The third-order valence-corrected chi connectivity index (χ3v) is 7.29. The molecule has 0 radical (unpaired) electrons. The van der Waals surface area contributed by atoms with Gasteiger partial charge in [-0.25, -0.2) is 22.0 Å². The molecule has 9 heteroatoms. The Labute approximate surface area is 170 Å². The van der Waals surface area contributed by atoms with Gasteiger partial charge in [0.05, 0.1) is 10.9 Å². The van der Waals surface area contributed by atoms with Gasteiger partial charge in [-0.15, -0.1) is 0 Å². The van der Waals surface area contributed by atoms with E-state index in [4.69, 9.17) is 4.74 Å². The van der Waals surface area contributed by atoms with E-state index in [0.717, 1.165) is 31.0 Å². The van der Waals surface area contributed by atoms with Crippen LogP contribution in [0.2, 0.25) is 0 Å². The second-order valence-electron chi connectivity index (χ2n) is 8.64. The average Bonchev–Trinajstić information content (AvgIpc) is 3.12. The molecule has 0 bridgehead atoms. The summed E-state index contributed by atoms with van der Waals surface area (Å²) in [5.41, 5.74) is -0.645. The Morgan fingerprint density at radius 1 is 1.03 bits per heavy atom. The lowest BCUT2D eigenvalue weighted by Gasteiger charge is -2.41. The molecule has 0 N–H and O–H groups in total. The molecule has 0 aliphatic carbocycles. The van der Waals surface area contributed by atoms with Crippen LogP contribution in [0.4, 0.5) is 13.6 Å². The van der Waals surface area contributed by atoms with Gasteiger partial charge in [0.1, 0.15) is 5.60 Å². The number of hydrogen-bond acceptors (Lipinski definition) is 4. The summed E-state index contributed by atoms with van der Waals surface area (Å²) >= 11 is 0. The van der Waals surface area contributed by atoms with Crippen LogP contribution in [0.25, 0.3) is 0 Å². The number of amides is 1. The molecule has 0 unspecified atom stereocenters. The summed E-state index contributed by atoms with van der Waals surface area (Å²) in [5, 5.41) is 0. The van der Waals surface area contributed by atoms with Crippen LogP contribution in [-0.2, 0) is 14.8 Å². The zero-order chi connectivity index (χ0) is 21.4. The zero-order valence-corrected chi connectivity index (χ0v) is 17.8. The van der Waals surface area contributed by atoms with Crippen LogP contribution >= 0.6 is 0 Å². The highest BCUT2D eigenvalue weighted by atomic mass is 32.2. The summed E-state index contributed by atoms with van der Waals surface area (Å²) in [7, 11) is -4.02. The van der Waals surface area contributed by atoms with Gasteiger partial charge < -0.3 is 9.64 Å². The number of hydrogen-bond donors (Lipinski definition) is 0. The molecule has 2 aliphatic rings. The molecule has 2 fully saturated rings. The van der Waals surface area contributed by atoms with Crippen molar-refractivity contribution in [2.24, 2.45) is 0 Å². The van der Waals surface area contributed by atoms with Gasteiger partial charge in [0.15, 0.2) is 11.6 Å². The fourth-order valence-corrected chi connectivity index (χ4v) is 5.86. The highest BCUT2D eigenvalue weighted by molar-refractivity contribution is 7.89. The minimum absolute atomic E-state index is 0.273. The van der Waals surface area contributed by atoms with Gasteiger partial charge in [0.2, 0.25) is 10.0 Å². The summed E-state index contributed by atoms with van der Waals surface area (Å²) in [5.74, 6) is -2.29. The molecule has 2 heterocycles. The van der Waals surface area contributed by atoms with Crippen LogP contribution in [0.1, 0.15) is 52.9 Å². The number of rotatable bonds is 3. The second-order valence-corrected chi connectivity index (χ2v) is 10.5. The van der Waals surface area contributed by atoms with Crippen molar-refractivity contribution in [2.75, 3.05) is 13.1 Å². The number of halogens is 2. The van der Waals surface area contributed by atoms with Crippen LogP contribution < -0.4 is 0 Å². The lowest BCUT2D eigenvalue weighted by molar-refractivity contribution is 0.0145. The molecular formula is C20H28F2N2O4S. The predicted molar refractivity (Wildman–Crippen MR) is 104 cm³/mol.